The van der Waals surface area contributed by atoms with Gasteiger partial charge in [0.05, 0.1) is 6.08 Å². The van der Waals surface area contributed by atoms with Crippen molar-refractivity contribution in [2.24, 2.45) is 7.05 Å². The average molecular weight is 271 g/mol. The highest BCUT2D eigenvalue weighted by Gasteiger charge is 2.15. The van der Waals surface area contributed by atoms with E-state index in [1.165, 1.54) is 0 Å². The quantitative estimate of drug-likeness (QED) is 0.641. The molecular formula is C16H13ClNO+. The normalized spacial score (nSPS) is 11.5. The van der Waals surface area contributed by atoms with E-state index in [1.54, 1.807) is 0 Å². The van der Waals surface area contributed by atoms with Crippen LogP contribution in [-0.4, -0.2) is 0 Å². The van der Waals surface area contributed by atoms with Crippen LogP contribution in [0.1, 0.15) is 11.5 Å². The average Bonchev–Trinajstić information content (AvgIpc) is 2.76. The Hall–Kier alpha value is -2.06. The minimum absolute atomic E-state index is 0.742. The largest absolute Gasteiger partial charge is 0.398 e. The summed E-state index contributed by atoms with van der Waals surface area (Å²) in [7, 11) is 1.99. The van der Waals surface area contributed by atoms with Crippen molar-refractivity contribution in [2.45, 2.75) is 0 Å². The van der Waals surface area contributed by atoms with Gasteiger partial charge in [-0.15, -0.1) is 0 Å². The number of aryl methyl sites for hydroxylation is 1. The Labute approximate surface area is 116 Å². The topological polar surface area (TPSA) is 17.0 Å². The first-order valence-electron chi connectivity index (χ1n) is 6.05. The summed E-state index contributed by atoms with van der Waals surface area (Å²) in [6.45, 7) is 0. The maximum Gasteiger partial charge on any atom is 0.373 e. The maximum absolute atomic E-state index is 5.86. The van der Waals surface area contributed by atoms with Crippen molar-refractivity contribution in [1.82, 2.24) is 0 Å². The van der Waals surface area contributed by atoms with Crippen molar-refractivity contribution in [3.8, 4) is 0 Å². The lowest BCUT2D eigenvalue weighted by molar-refractivity contribution is -0.651. The molecule has 0 aliphatic carbocycles. The van der Waals surface area contributed by atoms with Gasteiger partial charge in [0, 0.05) is 11.1 Å². The molecule has 0 radical (unpaired) electrons. The van der Waals surface area contributed by atoms with Crippen LogP contribution in [0.4, 0.5) is 0 Å². The van der Waals surface area contributed by atoms with Crippen LogP contribution in [0.3, 0.4) is 0 Å². The molecule has 3 heteroatoms. The van der Waals surface area contributed by atoms with E-state index >= 15 is 0 Å². The van der Waals surface area contributed by atoms with Crippen molar-refractivity contribution in [2.75, 3.05) is 0 Å². The van der Waals surface area contributed by atoms with Crippen LogP contribution < -0.4 is 4.57 Å². The molecule has 0 bridgehead atoms. The van der Waals surface area contributed by atoms with E-state index in [9.17, 15) is 0 Å². The number of benzene rings is 2. The second kappa shape index (κ2) is 4.90. The molecule has 1 heterocycles. The van der Waals surface area contributed by atoms with E-state index in [0.717, 1.165) is 27.6 Å². The van der Waals surface area contributed by atoms with Gasteiger partial charge in [0.25, 0.3) is 5.52 Å². The van der Waals surface area contributed by atoms with Crippen LogP contribution in [-0.2, 0) is 7.05 Å². The van der Waals surface area contributed by atoms with Gasteiger partial charge in [0.2, 0.25) is 5.58 Å². The summed E-state index contributed by atoms with van der Waals surface area (Å²) < 4.78 is 7.82. The Balaban J connectivity index is 1.97. The molecule has 94 valence electrons. The standard InChI is InChI=1S/C16H13ClNO/c1-18-14-4-2-3-5-15(14)19-16(18)11-8-12-6-9-13(17)10-7-12/h2-11H,1H3/q+1. The molecule has 0 saturated carbocycles. The van der Waals surface area contributed by atoms with Crippen molar-refractivity contribution >= 4 is 34.9 Å². The SMILES string of the molecule is C[n+]1c(C=Cc2ccc(Cl)cc2)oc2ccccc21. The molecule has 0 N–H and O–H groups in total. The minimum atomic E-state index is 0.742. The van der Waals surface area contributed by atoms with Gasteiger partial charge in [-0.2, -0.15) is 4.57 Å². The first-order chi connectivity index (χ1) is 9.24. The van der Waals surface area contributed by atoms with E-state index < -0.39 is 0 Å². The monoisotopic (exact) mass is 270 g/mol. The number of para-hydroxylation sites is 2. The Morgan fingerprint density at radius 2 is 1.74 bits per heavy atom. The molecule has 2 aromatic carbocycles. The fourth-order valence-corrected chi connectivity index (χ4v) is 2.13. The van der Waals surface area contributed by atoms with Gasteiger partial charge in [-0.3, -0.25) is 0 Å². The maximum atomic E-state index is 5.86. The highest BCUT2D eigenvalue weighted by Crippen LogP contribution is 2.15. The van der Waals surface area contributed by atoms with Gasteiger partial charge in [-0.25, -0.2) is 0 Å². The smallest absolute Gasteiger partial charge is 0.373 e. The summed E-state index contributed by atoms with van der Waals surface area (Å²) in [4.78, 5) is 0. The zero-order valence-electron chi connectivity index (χ0n) is 10.5. The molecule has 0 unspecified atom stereocenters. The lowest BCUT2D eigenvalue weighted by atomic mass is 10.2. The number of aromatic nitrogens is 1. The van der Waals surface area contributed by atoms with E-state index in [0.29, 0.717) is 0 Å². The summed E-state index contributed by atoms with van der Waals surface area (Å²) in [5, 5.41) is 0.742. The zero-order chi connectivity index (χ0) is 13.2. The third kappa shape index (κ3) is 2.40. The van der Waals surface area contributed by atoms with Crippen molar-refractivity contribution in [3.63, 3.8) is 0 Å². The molecule has 19 heavy (non-hydrogen) atoms. The zero-order valence-corrected chi connectivity index (χ0v) is 11.3. The second-order valence-electron chi connectivity index (χ2n) is 4.35. The molecule has 2 nitrogen and oxygen atoms in total. The van der Waals surface area contributed by atoms with Gasteiger partial charge in [0.15, 0.2) is 0 Å². The number of oxazole rings is 1. The van der Waals surface area contributed by atoms with Gasteiger partial charge in [-0.05, 0) is 29.8 Å². The number of halogens is 1. The Kier molecular flexibility index (Phi) is 3.10. The number of hydrogen-bond acceptors (Lipinski definition) is 1. The number of nitrogens with zero attached hydrogens (tertiary/aromatic N) is 1. The van der Waals surface area contributed by atoms with Crippen LogP contribution in [0.5, 0.6) is 0 Å². The molecule has 0 fully saturated rings. The molecule has 3 rings (SSSR count). The summed E-state index contributed by atoms with van der Waals surface area (Å²) in [6, 6.07) is 15.7. The third-order valence-corrected chi connectivity index (χ3v) is 3.31. The third-order valence-electron chi connectivity index (χ3n) is 3.06. The first-order valence-corrected chi connectivity index (χ1v) is 6.43. The fraction of sp³-hybridized carbons (Fsp3) is 0.0625. The second-order valence-corrected chi connectivity index (χ2v) is 4.79. The molecule has 0 atom stereocenters. The number of rotatable bonds is 2. The van der Waals surface area contributed by atoms with E-state index in [4.69, 9.17) is 16.0 Å². The van der Waals surface area contributed by atoms with Gasteiger partial charge in [0.1, 0.15) is 7.05 Å². The summed E-state index contributed by atoms with van der Waals surface area (Å²) in [6.07, 6.45) is 3.97. The summed E-state index contributed by atoms with van der Waals surface area (Å²) in [5.74, 6) is 0.816. The lowest BCUT2D eigenvalue weighted by Crippen LogP contribution is -2.29. The van der Waals surface area contributed by atoms with E-state index in [-0.39, 0.29) is 0 Å². The summed E-state index contributed by atoms with van der Waals surface area (Å²) in [5.41, 5.74) is 3.06. The first kappa shape index (κ1) is 12.0. The van der Waals surface area contributed by atoms with E-state index in [1.807, 2.05) is 72.3 Å². The predicted molar refractivity (Wildman–Crippen MR) is 77.8 cm³/mol. The molecule has 3 aromatic rings. The van der Waals surface area contributed by atoms with Crippen molar-refractivity contribution in [3.05, 3.63) is 65.0 Å². The van der Waals surface area contributed by atoms with Crippen LogP contribution in [0.15, 0.2) is 52.9 Å². The van der Waals surface area contributed by atoms with Gasteiger partial charge in [-0.1, -0.05) is 35.9 Å². The van der Waals surface area contributed by atoms with Crippen molar-refractivity contribution in [1.29, 1.82) is 0 Å². The molecule has 0 aliphatic rings. The molecule has 0 amide bonds. The number of fused-ring (bicyclic) bond motifs is 1. The Bertz CT molecular complexity index is 741. The van der Waals surface area contributed by atoms with Gasteiger partial charge < -0.3 is 4.42 Å². The van der Waals surface area contributed by atoms with Crippen LogP contribution in [0.2, 0.25) is 5.02 Å². The highest BCUT2D eigenvalue weighted by atomic mass is 35.5. The van der Waals surface area contributed by atoms with Crippen LogP contribution in [0, 0.1) is 0 Å². The Morgan fingerprint density at radius 1 is 1.00 bits per heavy atom. The number of hydrogen-bond donors (Lipinski definition) is 0. The highest BCUT2D eigenvalue weighted by molar-refractivity contribution is 6.30. The van der Waals surface area contributed by atoms with Crippen LogP contribution >= 0.6 is 11.6 Å². The fourth-order valence-electron chi connectivity index (χ4n) is 2.01. The lowest BCUT2D eigenvalue weighted by Gasteiger charge is -1.91. The molecule has 0 saturated heterocycles. The predicted octanol–water partition coefficient (Wildman–Crippen LogP) is 4.08. The molecule has 0 spiro atoms. The van der Waals surface area contributed by atoms with Crippen LogP contribution in [0.25, 0.3) is 23.3 Å². The van der Waals surface area contributed by atoms with E-state index in [2.05, 4.69) is 0 Å². The summed E-state index contributed by atoms with van der Waals surface area (Å²) >= 11 is 5.86. The molecule has 1 aromatic heterocycles. The molecule has 0 aliphatic heterocycles. The Morgan fingerprint density at radius 3 is 2.47 bits per heavy atom. The van der Waals surface area contributed by atoms with Gasteiger partial charge >= 0.3 is 5.89 Å². The minimum Gasteiger partial charge on any atom is -0.398 e. The van der Waals surface area contributed by atoms with Crippen molar-refractivity contribution < 1.29 is 8.98 Å². The molecular weight excluding hydrogens is 258 g/mol.